The number of amides is 1. The van der Waals surface area contributed by atoms with Crippen LogP contribution in [0, 0.1) is 0 Å². The van der Waals surface area contributed by atoms with Crippen LogP contribution in [-0.2, 0) is 22.3 Å². The Balaban J connectivity index is 1.37. The third kappa shape index (κ3) is 7.87. The number of nitrogens with one attached hydrogen (secondary N) is 1. The van der Waals surface area contributed by atoms with Crippen LogP contribution < -0.4 is 5.32 Å². The van der Waals surface area contributed by atoms with Gasteiger partial charge in [-0.15, -0.1) is 0 Å². The SMILES string of the molecule is CCS(=O)(=O)N1CCN(Cc2ccc(C(=O)NCCSCc3ccc(Cl)cc3Cl)cc2)CC1. The summed E-state index contributed by atoms with van der Waals surface area (Å²) in [6, 6.07) is 13.1. The number of thioether (sulfide) groups is 1. The minimum atomic E-state index is -3.11. The molecule has 1 aliphatic rings. The van der Waals surface area contributed by atoms with E-state index in [1.165, 1.54) is 0 Å². The summed E-state index contributed by atoms with van der Waals surface area (Å²) in [5.41, 5.74) is 2.76. The van der Waals surface area contributed by atoms with Crippen molar-refractivity contribution in [2.75, 3.05) is 44.2 Å². The van der Waals surface area contributed by atoms with Crippen LogP contribution in [0.1, 0.15) is 28.4 Å². The normalized spacial score (nSPS) is 15.5. The summed E-state index contributed by atoms with van der Waals surface area (Å²) in [6.07, 6.45) is 0. The summed E-state index contributed by atoms with van der Waals surface area (Å²) in [4.78, 5) is 14.6. The summed E-state index contributed by atoms with van der Waals surface area (Å²) >= 11 is 13.8. The van der Waals surface area contributed by atoms with Crippen LogP contribution >= 0.6 is 35.0 Å². The van der Waals surface area contributed by atoms with Crippen molar-refractivity contribution in [2.45, 2.75) is 19.2 Å². The number of halogens is 2. The second kappa shape index (κ2) is 12.4. The number of rotatable bonds is 10. The van der Waals surface area contributed by atoms with Crippen molar-refractivity contribution >= 4 is 50.9 Å². The van der Waals surface area contributed by atoms with E-state index in [0.29, 0.717) is 48.3 Å². The first-order valence-corrected chi connectivity index (χ1v) is 14.4. The molecule has 33 heavy (non-hydrogen) atoms. The molecule has 1 amide bonds. The van der Waals surface area contributed by atoms with Crippen molar-refractivity contribution in [3.63, 3.8) is 0 Å². The van der Waals surface area contributed by atoms with Gasteiger partial charge < -0.3 is 5.32 Å². The third-order valence-electron chi connectivity index (χ3n) is 5.52. The number of carbonyl (C=O) groups excluding carboxylic acids is 1. The minimum Gasteiger partial charge on any atom is -0.351 e. The van der Waals surface area contributed by atoms with Crippen LogP contribution in [0.2, 0.25) is 10.0 Å². The zero-order valence-corrected chi connectivity index (χ0v) is 21.7. The fourth-order valence-electron chi connectivity index (χ4n) is 3.53. The van der Waals surface area contributed by atoms with Crippen LogP contribution in [0.3, 0.4) is 0 Å². The lowest BCUT2D eigenvalue weighted by molar-refractivity contribution is 0.0956. The van der Waals surface area contributed by atoms with Crippen LogP contribution in [0.15, 0.2) is 42.5 Å². The fourth-order valence-corrected chi connectivity index (χ4v) is 6.03. The van der Waals surface area contributed by atoms with Crippen molar-refractivity contribution in [2.24, 2.45) is 0 Å². The summed E-state index contributed by atoms with van der Waals surface area (Å²) in [5, 5.41) is 4.23. The predicted molar refractivity (Wildman–Crippen MR) is 138 cm³/mol. The molecule has 0 saturated carbocycles. The molecular formula is C23H29Cl2N3O3S2. The molecular weight excluding hydrogens is 501 g/mol. The van der Waals surface area contributed by atoms with Crippen LogP contribution in [0.25, 0.3) is 0 Å². The van der Waals surface area contributed by atoms with Gasteiger partial charge in [-0.2, -0.15) is 16.1 Å². The average Bonchev–Trinajstić information content (AvgIpc) is 2.81. The summed E-state index contributed by atoms with van der Waals surface area (Å²) in [7, 11) is -3.11. The first-order valence-electron chi connectivity index (χ1n) is 10.9. The standard InChI is InChI=1S/C23H29Cl2N3O3S2/c1-2-33(30,31)28-12-10-27(11-13-28)16-18-3-5-19(6-4-18)23(29)26-9-14-32-17-20-7-8-21(24)15-22(20)25/h3-8,15H,2,9-14,16-17H2,1H3,(H,26,29). The van der Waals surface area contributed by atoms with E-state index in [1.807, 2.05) is 36.4 Å². The molecule has 10 heteroatoms. The van der Waals surface area contributed by atoms with Gasteiger partial charge >= 0.3 is 0 Å². The Morgan fingerprint density at radius 1 is 1.06 bits per heavy atom. The molecule has 2 aromatic carbocycles. The summed E-state index contributed by atoms with van der Waals surface area (Å²) < 4.78 is 25.5. The quantitative estimate of drug-likeness (QED) is 0.468. The second-order valence-electron chi connectivity index (χ2n) is 7.82. The van der Waals surface area contributed by atoms with E-state index in [-0.39, 0.29) is 11.7 Å². The number of hydrogen-bond donors (Lipinski definition) is 1. The third-order valence-corrected chi connectivity index (χ3v) is 8.99. The maximum Gasteiger partial charge on any atom is 0.251 e. The summed E-state index contributed by atoms with van der Waals surface area (Å²) in [5.74, 6) is 1.60. The zero-order valence-electron chi connectivity index (χ0n) is 18.6. The lowest BCUT2D eigenvalue weighted by Gasteiger charge is -2.33. The van der Waals surface area contributed by atoms with Crippen molar-refractivity contribution in [1.82, 2.24) is 14.5 Å². The Morgan fingerprint density at radius 3 is 2.39 bits per heavy atom. The van der Waals surface area contributed by atoms with Gasteiger partial charge in [0.05, 0.1) is 5.75 Å². The predicted octanol–water partition coefficient (Wildman–Crippen LogP) is 4.12. The largest absolute Gasteiger partial charge is 0.351 e. The first kappa shape index (κ1) is 26.3. The van der Waals surface area contributed by atoms with Crippen LogP contribution in [0.5, 0.6) is 0 Å². The highest BCUT2D eigenvalue weighted by Gasteiger charge is 2.25. The average molecular weight is 531 g/mol. The number of nitrogens with zero attached hydrogens (tertiary/aromatic N) is 2. The number of hydrogen-bond acceptors (Lipinski definition) is 5. The molecule has 0 aliphatic carbocycles. The molecule has 1 N–H and O–H groups in total. The highest BCUT2D eigenvalue weighted by molar-refractivity contribution is 7.98. The number of carbonyl (C=O) groups is 1. The van der Waals surface area contributed by atoms with E-state index in [9.17, 15) is 13.2 Å². The molecule has 6 nitrogen and oxygen atoms in total. The smallest absolute Gasteiger partial charge is 0.251 e. The Bertz CT molecular complexity index is 1040. The number of benzene rings is 2. The number of piperazine rings is 1. The molecule has 0 spiro atoms. The van der Waals surface area contributed by atoms with E-state index >= 15 is 0 Å². The fraction of sp³-hybridized carbons (Fsp3) is 0.435. The zero-order chi connectivity index (χ0) is 23.8. The molecule has 0 radical (unpaired) electrons. The van der Waals surface area contributed by atoms with E-state index in [1.54, 1.807) is 29.1 Å². The molecule has 1 heterocycles. The molecule has 0 atom stereocenters. The van der Waals surface area contributed by atoms with E-state index in [2.05, 4.69) is 10.2 Å². The maximum absolute atomic E-state index is 12.4. The molecule has 1 saturated heterocycles. The van der Waals surface area contributed by atoms with Gasteiger partial charge in [0.1, 0.15) is 0 Å². The topological polar surface area (TPSA) is 69.7 Å². The monoisotopic (exact) mass is 529 g/mol. The van der Waals surface area contributed by atoms with Gasteiger partial charge in [-0.05, 0) is 42.3 Å². The molecule has 2 aromatic rings. The first-order chi connectivity index (χ1) is 15.8. The minimum absolute atomic E-state index is 0.0925. The van der Waals surface area contributed by atoms with Crippen molar-refractivity contribution in [3.05, 3.63) is 69.2 Å². The molecule has 0 bridgehead atoms. The van der Waals surface area contributed by atoms with Gasteiger partial charge in [0, 0.05) is 66.4 Å². The summed E-state index contributed by atoms with van der Waals surface area (Å²) in [6.45, 7) is 5.46. The van der Waals surface area contributed by atoms with Crippen molar-refractivity contribution < 1.29 is 13.2 Å². The van der Waals surface area contributed by atoms with Gasteiger partial charge in [-0.3, -0.25) is 9.69 Å². The molecule has 1 fully saturated rings. The van der Waals surface area contributed by atoms with E-state index < -0.39 is 10.0 Å². The van der Waals surface area contributed by atoms with E-state index in [0.717, 1.165) is 29.2 Å². The molecule has 1 aliphatic heterocycles. The van der Waals surface area contributed by atoms with Gasteiger partial charge in [0.2, 0.25) is 10.0 Å². The Kier molecular flexibility index (Phi) is 9.91. The molecule has 0 unspecified atom stereocenters. The lowest BCUT2D eigenvalue weighted by atomic mass is 10.1. The highest BCUT2D eigenvalue weighted by Crippen LogP contribution is 2.24. The van der Waals surface area contributed by atoms with Crippen molar-refractivity contribution in [3.8, 4) is 0 Å². The van der Waals surface area contributed by atoms with Gasteiger partial charge in [0.25, 0.3) is 5.91 Å². The van der Waals surface area contributed by atoms with Crippen LogP contribution in [-0.4, -0.2) is 67.8 Å². The molecule has 0 aromatic heterocycles. The van der Waals surface area contributed by atoms with Gasteiger partial charge in [-0.25, -0.2) is 8.42 Å². The Hall–Kier alpha value is -1.29. The Labute approximate surface area is 210 Å². The van der Waals surface area contributed by atoms with Crippen molar-refractivity contribution in [1.29, 1.82) is 0 Å². The van der Waals surface area contributed by atoms with Gasteiger partial charge in [0.15, 0.2) is 0 Å². The second-order valence-corrected chi connectivity index (χ2v) is 12.0. The maximum atomic E-state index is 12.4. The lowest BCUT2D eigenvalue weighted by Crippen LogP contribution is -2.48. The van der Waals surface area contributed by atoms with Gasteiger partial charge in [-0.1, -0.05) is 41.4 Å². The molecule has 180 valence electrons. The van der Waals surface area contributed by atoms with E-state index in [4.69, 9.17) is 23.2 Å². The number of sulfonamides is 1. The highest BCUT2D eigenvalue weighted by atomic mass is 35.5. The Morgan fingerprint density at radius 2 is 1.76 bits per heavy atom. The van der Waals surface area contributed by atoms with Crippen LogP contribution in [0.4, 0.5) is 0 Å². The molecule has 3 rings (SSSR count).